The van der Waals surface area contributed by atoms with Crippen molar-refractivity contribution in [3.05, 3.63) is 69.5 Å². The fraction of sp³-hybridized carbons (Fsp3) is 0.133. The number of benzene rings is 2. The number of hydrogen-bond acceptors (Lipinski definition) is 3. The SMILES string of the molecule is Cc1ccccc1N(C)C(=O)c1cc(F)ccc1[N+](=O)[O-]. The molecule has 0 heterocycles. The summed E-state index contributed by atoms with van der Waals surface area (Å²) in [6.45, 7) is 1.82. The van der Waals surface area contributed by atoms with Crippen molar-refractivity contribution in [2.45, 2.75) is 6.92 Å². The van der Waals surface area contributed by atoms with Crippen LogP contribution in [0.2, 0.25) is 0 Å². The summed E-state index contributed by atoms with van der Waals surface area (Å²) in [5.74, 6) is -1.32. The van der Waals surface area contributed by atoms with Crippen LogP contribution in [0, 0.1) is 22.9 Å². The number of carbonyl (C=O) groups excluding carboxylic acids is 1. The number of nitro groups is 1. The van der Waals surface area contributed by atoms with Crippen LogP contribution in [0.25, 0.3) is 0 Å². The monoisotopic (exact) mass is 288 g/mol. The summed E-state index contributed by atoms with van der Waals surface area (Å²) in [7, 11) is 1.50. The molecule has 0 saturated carbocycles. The van der Waals surface area contributed by atoms with Gasteiger partial charge in [-0.1, -0.05) is 18.2 Å². The molecule has 2 rings (SSSR count). The second-order valence-corrected chi connectivity index (χ2v) is 4.57. The molecule has 6 heteroatoms. The van der Waals surface area contributed by atoms with Gasteiger partial charge in [-0.3, -0.25) is 14.9 Å². The normalized spacial score (nSPS) is 10.2. The van der Waals surface area contributed by atoms with Crippen molar-refractivity contribution in [1.29, 1.82) is 0 Å². The third-order valence-corrected chi connectivity index (χ3v) is 3.17. The van der Waals surface area contributed by atoms with Gasteiger partial charge in [-0.05, 0) is 30.7 Å². The molecule has 21 heavy (non-hydrogen) atoms. The lowest BCUT2D eigenvalue weighted by Crippen LogP contribution is -2.27. The zero-order valence-corrected chi connectivity index (χ0v) is 11.5. The molecule has 2 aromatic rings. The summed E-state index contributed by atoms with van der Waals surface area (Å²) in [6.07, 6.45) is 0. The highest BCUT2D eigenvalue weighted by molar-refractivity contribution is 6.08. The number of para-hydroxylation sites is 1. The number of nitrogens with zero attached hydrogens (tertiary/aromatic N) is 2. The van der Waals surface area contributed by atoms with E-state index in [4.69, 9.17) is 0 Å². The Kier molecular flexibility index (Phi) is 3.98. The van der Waals surface area contributed by atoms with E-state index in [1.807, 2.05) is 19.1 Å². The third-order valence-electron chi connectivity index (χ3n) is 3.17. The lowest BCUT2D eigenvalue weighted by molar-refractivity contribution is -0.385. The van der Waals surface area contributed by atoms with Gasteiger partial charge in [-0.25, -0.2) is 4.39 Å². The molecule has 0 aliphatic rings. The number of nitro benzene ring substituents is 1. The number of aryl methyl sites for hydroxylation is 1. The van der Waals surface area contributed by atoms with E-state index >= 15 is 0 Å². The molecule has 0 unspecified atom stereocenters. The van der Waals surface area contributed by atoms with Crippen molar-refractivity contribution in [3.8, 4) is 0 Å². The van der Waals surface area contributed by atoms with Crippen LogP contribution in [-0.4, -0.2) is 17.9 Å². The summed E-state index contributed by atoms with van der Waals surface area (Å²) in [4.78, 5) is 24.0. The van der Waals surface area contributed by atoms with Crippen molar-refractivity contribution >= 4 is 17.3 Å². The van der Waals surface area contributed by atoms with Gasteiger partial charge in [0.05, 0.1) is 4.92 Å². The summed E-state index contributed by atoms with van der Waals surface area (Å²) < 4.78 is 13.3. The molecule has 1 amide bonds. The Morgan fingerprint density at radius 2 is 1.90 bits per heavy atom. The van der Waals surface area contributed by atoms with Gasteiger partial charge in [-0.2, -0.15) is 0 Å². The van der Waals surface area contributed by atoms with Crippen LogP contribution in [-0.2, 0) is 0 Å². The van der Waals surface area contributed by atoms with E-state index in [0.29, 0.717) is 5.69 Å². The minimum absolute atomic E-state index is 0.272. The standard InChI is InChI=1S/C15H13FN2O3/c1-10-5-3-4-6-13(10)17(2)15(19)12-9-11(16)7-8-14(12)18(20)21/h3-9H,1-2H3. The molecule has 5 nitrogen and oxygen atoms in total. The van der Waals surface area contributed by atoms with Gasteiger partial charge in [0.1, 0.15) is 11.4 Å². The minimum Gasteiger partial charge on any atom is -0.311 e. The van der Waals surface area contributed by atoms with Crippen LogP contribution < -0.4 is 4.90 Å². The first-order valence-corrected chi connectivity index (χ1v) is 6.19. The molecule has 0 atom stereocenters. The molecule has 108 valence electrons. The van der Waals surface area contributed by atoms with E-state index in [2.05, 4.69) is 0 Å². The highest BCUT2D eigenvalue weighted by atomic mass is 19.1. The van der Waals surface area contributed by atoms with E-state index in [1.165, 1.54) is 11.9 Å². The molecule has 2 aromatic carbocycles. The first-order chi connectivity index (χ1) is 9.91. The number of carbonyl (C=O) groups is 1. The zero-order valence-electron chi connectivity index (χ0n) is 11.5. The molecule has 0 N–H and O–H groups in total. The summed E-state index contributed by atoms with van der Waals surface area (Å²) in [5, 5.41) is 11.0. The predicted molar refractivity (Wildman–Crippen MR) is 77.0 cm³/mol. The van der Waals surface area contributed by atoms with E-state index < -0.39 is 22.3 Å². The molecule has 0 radical (unpaired) electrons. The maximum absolute atomic E-state index is 13.3. The van der Waals surface area contributed by atoms with Crippen molar-refractivity contribution in [2.75, 3.05) is 11.9 Å². The van der Waals surface area contributed by atoms with Gasteiger partial charge in [0.2, 0.25) is 0 Å². The van der Waals surface area contributed by atoms with Crippen molar-refractivity contribution in [3.63, 3.8) is 0 Å². The molecule has 0 aromatic heterocycles. The predicted octanol–water partition coefficient (Wildman–Crippen LogP) is 3.32. The van der Waals surface area contributed by atoms with Crippen LogP contribution in [0.4, 0.5) is 15.8 Å². The van der Waals surface area contributed by atoms with Gasteiger partial charge >= 0.3 is 0 Å². The molecular formula is C15H13FN2O3. The van der Waals surface area contributed by atoms with Crippen LogP contribution in [0.1, 0.15) is 15.9 Å². The van der Waals surface area contributed by atoms with Crippen LogP contribution in [0.15, 0.2) is 42.5 Å². The number of anilines is 1. The van der Waals surface area contributed by atoms with E-state index in [0.717, 1.165) is 23.8 Å². The third kappa shape index (κ3) is 2.89. The Bertz CT molecular complexity index is 716. The largest absolute Gasteiger partial charge is 0.311 e. The average molecular weight is 288 g/mol. The number of hydrogen-bond donors (Lipinski definition) is 0. The molecule has 0 spiro atoms. The molecule has 0 fully saturated rings. The molecule has 0 aliphatic heterocycles. The fourth-order valence-corrected chi connectivity index (χ4v) is 2.07. The van der Waals surface area contributed by atoms with Gasteiger partial charge < -0.3 is 4.90 Å². The summed E-state index contributed by atoms with van der Waals surface area (Å²) in [6, 6.07) is 9.96. The molecule has 0 bridgehead atoms. The van der Waals surface area contributed by atoms with Gasteiger partial charge in [0.25, 0.3) is 11.6 Å². The fourth-order valence-electron chi connectivity index (χ4n) is 2.07. The Hall–Kier alpha value is -2.76. The topological polar surface area (TPSA) is 63.5 Å². The highest BCUT2D eigenvalue weighted by Crippen LogP contribution is 2.25. The Labute approximate surface area is 120 Å². The van der Waals surface area contributed by atoms with E-state index in [9.17, 15) is 19.3 Å². The maximum Gasteiger partial charge on any atom is 0.282 e. The van der Waals surface area contributed by atoms with Crippen molar-refractivity contribution in [2.24, 2.45) is 0 Å². The summed E-state index contributed by atoms with van der Waals surface area (Å²) >= 11 is 0. The molecular weight excluding hydrogens is 275 g/mol. The second kappa shape index (κ2) is 5.70. The van der Waals surface area contributed by atoms with Crippen LogP contribution >= 0.6 is 0 Å². The highest BCUT2D eigenvalue weighted by Gasteiger charge is 2.24. The summed E-state index contributed by atoms with van der Waals surface area (Å²) in [5.41, 5.74) is 0.765. The smallest absolute Gasteiger partial charge is 0.282 e. The average Bonchev–Trinajstić information content (AvgIpc) is 2.45. The molecule has 0 aliphatic carbocycles. The first kappa shape index (κ1) is 14.6. The quantitative estimate of drug-likeness (QED) is 0.643. The van der Waals surface area contributed by atoms with E-state index in [1.54, 1.807) is 12.1 Å². The maximum atomic E-state index is 13.3. The van der Waals surface area contributed by atoms with Crippen molar-refractivity contribution in [1.82, 2.24) is 0 Å². The minimum atomic E-state index is -0.696. The first-order valence-electron chi connectivity index (χ1n) is 6.19. The Morgan fingerprint density at radius 3 is 2.52 bits per heavy atom. The number of halogens is 1. The Balaban J connectivity index is 2.47. The van der Waals surface area contributed by atoms with Gasteiger partial charge in [0, 0.05) is 18.8 Å². The van der Waals surface area contributed by atoms with Crippen molar-refractivity contribution < 1.29 is 14.1 Å². The number of amides is 1. The Morgan fingerprint density at radius 1 is 1.24 bits per heavy atom. The lowest BCUT2D eigenvalue weighted by atomic mass is 10.1. The van der Waals surface area contributed by atoms with Crippen LogP contribution in [0.5, 0.6) is 0 Å². The zero-order chi connectivity index (χ0) is 15.6. The number of rotatable bonds is 3. The lowest BCUT2D eigenvalue weighted by Gasteiger charge is -2.19. The molecule has 0 saturated heterocycles. The second-order valence-electron chi connectivity index (χ2n) is 4.57. The van der Waals surface area contributed by atoms with E-state index in [-0.39, 0.29) is 5.56 Å². The van der Waals surface area contributed by atoms with Crippen LogP contribution in [0.3, 0.4) is 0 Å². The van der Waals surface area contributed by atoms with Gasteiger partial charge in [0.15, 0.2) is 0 Å². The van der Waals surface area contributed by atoms with Gasteiger partial charge in [-0.15, -0.1) is 0 Å².